The number of anilines is 1. The van der Waals surface area contributed by atoms with E-state index in [-0.39, 0.29) is 5.91 Å². The molecule has 4 rings (SSSR count). The van der Waals surface area contributed by atoms with Crippen molar-refractivity contribution in [1.29, 1.82) is 0 Å². The van der Waals surface area contributed by atoms with Crippen LogP contribution in [0.3, 0.4) is 0 Å². The maximum Gasteiger partial charge on any atom is 0.344 e. The van der Waals surface area contributed by atoms with Gasteiger partial charge in [-0.15, -0.1) is 0 Å². The van der Waals surface area contributed by atoms with Crippen LogP contribution in [-0.4, -0.2) is 12.5 Å². The topological polar surface area (TPSA) is 68.5 Å². The molecule has 1 heterocycles. The van der Waals surface area contributed by atoms with Crippen LogP contribution in [0.2, 0.25) is 5.02 Å². The van der Waals surface area contributed by atoms with Crippen molar-refractivity contribution < 1.29 is 13.9 Å². The molecule has 1 aromatic heterocycles. The van der Waals surface area contributed by atoms with Crippen molar-refractivity contribution in [2.45, 2.75) is 13.3 Å². The van der Waals surface area contributed by atoms with Crippen LogP contribution in [0.1, 0.15) is 23.7 Å². The molecule has 0 unspecified atom stereocenters. The van der Waals surface area contributed by atoms with Crippen LogP contribution < -0.4 is 15.7 Å². The van der Waals surface area contributed by atoms with Gasteiger partial charge in [0.05, 0.1) is 17.2 Å². The SMILES string of the molecule is CCCOc1cccc(C(=O)Nc2ccc(-c3cc4ccccc4oc3=O)c(Cl)c2)c1. The number of carbonyl (C=O) groups excluding carboxylic acids is 1. The van der Waals surface area contributed by atoms with Gasteiger partial charge in [0.25, 0.3) is 5.91 Å². The summed E-state index contributed by atoms with van der Waals surface area (Å²) in [7, 11) is 0. The van der Waals surface area contributed by atoms with E-state index < -0.39 is 5.63 Å². The molecule has 1 amide bonds. The van der Waals surface area contributed by atoms with E-state index >= 15 is 0 Å². The third-order valence-electron chi connectivity index (χ3n) is 4.73. The second-order valence-electron chi connectivity index (χ2n) is 7.01. The summed E-state index contributed by atoms with van der Waals surface area (Å²) in [6, 6.07) is 21.0. The zero-order chi connectivity index (χ0) is 21.8. The van der Waals surface area contributed by atoms with Gasteiger partial charge in [0, 0.05) is 22.2 Å². The molecule has 0 saturated carbocycles. The first-order valence-corrected chi connectivity index (χ1v) is 10.3. The first-order chi connectivity index (χ1) is 15.0. The minimum atomic E-state index is -0.471. The standard InChI is InChI=1S/C25H20ClNO4/c1-2-12-30-19-8-5-7-17(13-19)24(28)27-18-10-11-20(22(26)15-18)21-14-16-6-3-4-9-23(16)31-25(21)29/h3-11,13-15H,2,12H2,1H3,(H,27,28). The molecule has 0 bridgehead atoms. The number of hydrogen-bond donors (Lipinski definition) is 1. The number of para-hydroxylation sites is 1. The van der Waals surface area contributed by atoms with Gasteiger partial charge in [-0.1, -0.05) is 48.9 Å². The molecule has 5 nitrogen and oxygen atoms in total. The molecule has 0 atom stereocenters. The fourth-order valence-electron chi connectivity index (χ4n) is 3.21. The van der Waals surface area contributed by atoms with E-state index in [9.17, 15) is 9.59 Å². The number of amides is 1. The van der Waals surface area contributed by atoms with Gasteiger partial charge >= 0.3 is 5.63 Å². The summed E-state index contributed by atoms with van der Waals surface area (Å²) in [4.78, 5) is 25.1. The predicted octanol–water partition coefficient (Wildman–Crippen LogP) is 6.15. The predicted molar refractivity (Wildman–Crippen MR) is 123 cm³/mol. The molecule has 3 aromatic carbocycles. The number of nitrogens with one attached hydrogen (secondary N) is 1. The summed E-state index contributed by atoms with van der Waals surface area (Å²) >= 11 is 6.45. The molecule has 0 fully saturated rings. The van der Waals surface area contributed by atoms with Crippen molar-refractivity contribution in [2.24, 2.45) is 0 Å². The van der Waals surface area contributed by atoms with Crippen LogP contribution in [0.25, 0.3) is 22.1 Å². The molecule has 4 aromatic rings. The number of rotatable bonds is 6. The van der Waals surface area contributed by atoms with Crippen molar-refractivity contribution in [3.05, 3.63) is 93.8 Å². The Morgan fingerprint density at radius 2 is 1.84 bits per heavy atom. The number of ether oxygens (including phenoxy) is 1. The zero-order valence-electron chi connectivity index (χ0n) is 16.9. The highest BCUT2D eigenvalue weighted by atomic mass is 35.5. The molecular weight excluding hydrogens is 414 g/mol. The second kappa shape index (κ2) is 9.06. The Hall–Kier alpha value is -3.57. The van der Waals surface area contributed by atoms with E-state index in [1.165, 1.54) is 0 Å². The minimum Gasteiger partial charge on any atom is -0.494 e. The Balaban J connectivity index is 1.58. The Morgan fingerprint density at radius 3 is 2.65 bits per heavy atom. The normalized spacial score (nSPS) is 10.8. The van der Waals surface area contributed by atoms with Gasteiger partial charge in [0.15, 0.2) is 0 Å². The van der Waals surface area contributed by atoms with Crippen LogP contribution >= 0.6 is 11.6 Å². The number of fused-ring (bicyclic) bond motifs is 1. The third-order valence-corrected chi connectivity index (χ3v) is 5.04. The lowest BCUT2D eigenvalue weighted by atomic mass is 10.1. The lowest BCUT2D eigenvalue weighted by Gasteiger charge is -2.10. The Morgan fingerprint density at radius 1 is 1.00 bits per heavy atom. The lowest BCUT2D eigenvalue weighted by Crippen LogP contribution is -2.12. The van der Waals surface area contributed by atoms with Gasteiger partial charge in [0.2, 0.25) is 0 Å². The van der Waals surface area contributed by atoms with Gasteiger partial charge in [-0.05, 0) is 48.9 Å². The fourth-order valence-corrected chi connectivity index (χ4v) is 3.49. The molecule has 0 saturated heterocycles. The highest BCUT2D eigenvalue weighted by molar-refractivity contribution is 6.33. The van der Waals surface area contributed by atoms with Gasteiger partial charge in [0.1, 0.15) is 11.3 Å². The maximum absolute atomic E-state index is 12.6. The Bertz CT molecular complexity index is 1310. The van der Waals surface area contributed by atoms with Gasteiger partial charge < -0.3 is 14.5 Å². The van der Waals surface area contributed by atoms with Crippen molar-refractivity contribution in [2.75, 3.05) is 11.9 Å². The summed E-state index contributed by atoms with van der Waals surface area (Å²) in [5.41, 5.74) is 1.94. The number of hydrogen-bond acceptors (Lipinski definition) is 4. The average Bonchev–Trinajstić information content (AvgIpc) is 2.78. The molecule has 156 valence electrons. The van der Waals surface area contributed by atoms with Crippen LogP contribution in [0, 0.1) is 0 Å². The van der Waals surface area contributed by atoms with Crippen molar-refractivity contribution in [3.8, 4) is 16.9 Å². The first-order valence-electron chi connectivity index (χ1n) is 9.92. The monoisotopic (exact) mass is 433 g/mol. The first kappa shape index (κ1) is 20.7. The van der Waals surface area contributed by atoms with E-state index in [1.807, 2.05) is 25.1 Å². The van der Waals surface area contributed by atoms with E-state index in [0.29, 0.717) is 45.3 Å². The van der Waals surface area contributed by atoms with Crippen molar-refractivity contribution in [3.63, 3.8) is 0 Å². The molecule has 0 radical (unpaired) electrons. The van der Waals surface area contributed by atoms with Crippen LogP contribution in [0.15, 0.2) is 82.0 Å². The summed E-state index contributed by atoms with van der Waals surface area (Å²) < 4.78 is 11.0. The Labute approximate surface area is 184 Å². The van der Waals surface area contributed by atoms with Gasteiger partial charge in [-0.3, -0.25) is 4.79 Å². The fraction of sp³-hybridized carbons (Fsp3) is 0.120. The number of halogens is 1. The summed E-state index contributed by atoms with van der Waals surface area (Å²) in [6.07, 6.45) is 0.886. The molecular formula is C25H20ClNO4. The quantitative estimate of drug-likeness (QED) is 0.370. The molecule has 1 N–H and O–H groups in total. The van der Waals surface area contributed by atoms with E-state index in [2.05, 4.69) is 5.32 Å². The minimum absolute atomic E-state index is 0.281. The molecule has 31 heavy (non-hydrogen) atoms. The van der Waals surface area contributed by atoms with Gasteiger partial charge in [-0.2, -0.15) is 0 Å². The highest BCUT2D eigenvalue weighted by Gasteiger charge is 2.13. The third kappa shape index (κ3) is 4.62. The second-order valence-corrected chi connectivity index (χ2v) is 7.42. The smallest absolute Gasteiger partial charge is 0.344 e. The summed E-state index contributed by atoms with van der Waals surface area (Å²) in [6.45, 7) is 2.61. The highest BCUT2D eigenvalue weighted by Crippen LogP contribution is 2.30. The summed E-state index contributed by atoms with van der Waals surface area (Å²) in [5, 5.41) is 3.96. The molecule has 6 heteroatoms. The lowest BCUT2D eigenvalue weighted by molar-refractivity contribution is 0.102. The number of carbonyl (C=O) groups is 1. The van der Waals surface area contributed by atoms with E-state index in [0.717, 1.165) is 11.8 Å². The van der Waals surface area contributed by atoms with Crippen LogP contribution in [0.4, 0.5) is 5.69 Å². The maximum atomic E-state index is 12.6. The Kier molecular flexibility index (Phi) is 6.05. The number of benzene rings is 3. The van der Waals surface area contributed by atoms with E-state index in [1.54, 1.807) is 54.6 Å². The molecule has 0 aliphatic rings. The zero-order valence-corrected chi connectivity index (χ0v) is 17.6. The van der Waals surface area contributed by atoms with Crippen molar-refractivity contribution >= 4 is 34.2 Å². The molecule has 0 aliphatic heterocycles. The molecule has 0 spiro atoms. The van der Waals surface area contributed by atoms with Gasteiger partial charge in [-0.25, -0.2) is 4.79 Å². The van der Waals surface area contributed by atoms with Crippen LogP contribution in [0.5, 0.6) is 5.75 Å². The largest absolute Gasteiger partial charge is 0.494 e. The van der Waals surface area contributed by atoms with Crippen molar-refractivity contribution in [1.82, 2.24) is 0 Å². The van der Waals surface area contributed by atoms with Crippen LogP contribution in [-0.2, 0) is 0 Å². The average molecular weight is 434 g/mol. The summed E-state index contributed by atoms with van der Waals surface area (Å²) in [5.74, 6) is 0.363. The van der Waals surface area contributed by atoms with E-state index in [4.69, 9.17) is 20.8 Å². The molecule has 0 aliphatic carbocycles.